The molecule has 5 nitrogen and oxygen atoms in total. The normalized spacial score (nSPS) is 14.7. The highest BCUT2D eigenvalue weighted by Gasteiger charge is 2.20. The molecule has 0 spiro atoms. The predicted octanol–water partition coefficient (Wildman–Crippen LogP) is 3.12. The van der Waals surface area contributed by atoms with Crippen LogP contribution >= 0.6 is 0 Å². The van der Waals surface area contributed by atoms with Gasteiger partial charge in [-0.1, -0.05) is 24.3 Å². The van der Waals surface area contributed by atoms with E-state index in [0.29, 0.717) is 0 Å². The summed E-state index contributed by atoms with van der Waals surface area (Å²) in [5, 5.41) is 0. The number of rotatable bonds is 6. The zero-order chi connectivity index (χ0) is 19.9. The number of methoxy groups -OCH3 is 1. The topological polar surface area (TPSA) is 36.0 Å². The van der Waals surface area contributed by atoms with Crippen LogP contribution in [-0.2, 0) is 11.3 Å². The van der Waals surface area contributed by atoms with Crippen LogP contribution in [0.3, 0.4) is 0 Å². The van der Waals surface area contributed by atoms with Gasteiger partial charge in [0.25, 0.3) is 0 Å². The summed E-state index contributed by atoms with van der Waals surface area (Å²) in [5.74, 6) is 0.850. The Bertz CT molecular complexity index is 824. The van der Waals surface area contributed by atoms with E-state index in [4.69, 9.17) is 4.74 Å². The van der Waals surface area contributed by atoms with Gasteiger partial charge < -0.3 is 19.4 Å². The number of hydrogen-bond acceptors (Lipinski definition) is 4. The summed E-state index contributed by atoms with van der Waals surface area (Å²) >= 11 is 0. The molecule has 0 unspecified atom stereocenters. The zero-order valence-corrected chi connectivity index (χ0v) is 17.0. The van der Waals surface area contributed by atoms with Crippen LogP contribution in [0.2, 0.25) is 0 Å². The molecular formula is C23H29N3O2. The van der Waals surface area contributed by atoms with E-state index in [0.717, 1.165) is 44.0 Å². The van der Waals surface area contributed by atoms with Crippen molar-refractivity contribution in [1.29, 1.82) is 0 Å². The fraction of sp³-hybridized carbons (Fsp3) is 0.348. The van der Waals surface area contributed by atoms with Crippen molar-refractivity contribution >= 4 is 17.7 Å². The van der Waals surface area contributed by atoms with E-state index in [1.165, 1.54) is 11.3 Å². The van der Waals surface area contributed by atoms with Gasteiger partial charge in [-0.2, -0.15) is 0 Å². The highest BCUT2D eigenvalue weighted by molar-refractivity contribution is 5.92. The van der Waals surface area contributed by atoms with Crippen molar-refractivity contribution in [1.82, 2.24) is 9.80 Å². The number of amides is 1. The van der Waals surface area contributed by atoms with Crippen molar-refractivity contribution in [2.24, 2.45) is 0 Å². The first-order valence-corrected chi connectivity index (χ1v) is 9.65. The number of anilines is 1. The maximum Gasteiger partial charge on any atom is 0.246 e. The van der Waals surface area contributed by atoms with Gasteiger partial charge in [-0.15, -0.1) is 0 Å². The van der Waals surface area contributed by atoms with Gasteiger partial charge in [-0.25, -0.2) is 0 Å². The van der Waals surface area contributed by atoms with Crippen molar-refractivity contribution in [2.75, 3.05) is 52.3 Å². The van der Waals surface area contributed by atoms with Gasteiger partial charge in [0.2, 0.25) is 5.91 Å². The zero-order valence-electron chi connectivity index (χ0n) is 17.0. The first-order valence-electron chi connectivity index (χ1n) is 9.65. The van der Waals surface area contributed by atoms with Gasteiger partial charge in [-0.3, -0.25) is 4.79 Å². The molecule has 0 aliphatic carbocycles. The molecule has 1 aliphatic rings. The summed E-state index contributed by atoms with van der Waals surface area (Å²) in [6, 6.07) is 16.4. The van der Waals surface area contributed by atoms with Crippen LogP contribution in [0.15, 0.2) is 54.6 Å². The molecule has 0 atom stereocenters. The van der Waals surface area contributed by atoms with Crippen LogP contribution < -0.4 is 9.64 Å². The minimum Gasteiger partial charge on any atom is -0.497 e. The Balaban J connectivity index is 1.56. The maximum atomic E-state index is 12.5. The Morgan fingerprint density at radius 1 is 1.07 bits per heavy atom. The summed E-state index contributed by atoms with van der Waals surface area (Å²) in [6.45, 7) is 4.11. The van der Waals surface area contributed by atoms with E-state index in [9.17, 15) is 4.79 Å². The van der Waals surface area contributed by atoms with Crippen molar-refractivity contribution in [3.05, 3.63) is 65.7 Å². The monoisotopic (exact) mass is 379 g/mol. The van der Waals surface area contributed by atoms with E-state index in [1.807, 2.05) is 35.2 Å². The summed E-state index contributed by atoms with van der Waals surface area (Å²) in [6.07, 6.45) is 3.50. The summed E-state index contributed by atoms with van der Waals surface area (Å²) in [7, 11) is 5.80. The average Bonchev–Trinajstić information content (AvgIpc) is 2.72. The highest BCUT2D eigenvalue weighted by atomic mass is 16.5. The second-order valence-corrected chi connectivity index (χ2v) is 7.33. The molecular weight excluding hydrogens is 350 g/mol. The fourth-order valence-corrected chi connectivity index (χ4v) is 3.42. The first-order chi connectivity index (χ1) is 13.5. The molecule has 1 amide bonds. The molecule has 2 aromatic rings. The second kappa shape index (κ2) is 9.42. The SMILES string of the molecule is COc1cccc(/C=C/C(=O)N2CCN(c3cccc(CN(C)C)c3)CC2)c1. The van der Waals surface area contributed by atoms with Gasteiger partial charge in [0.15, 0.2) is 0 Å². The lowest BCUT2D eigenvalue weighted by molar-refractivity contribution is -0.126. The minimum atomic E-state index is 0.0591. The number of hydrogen-bond donors (Lipinski definition) is 0. The Labute approximate surface area is 167 Å². The van der Waals surface area contributed by atoms with Gasteiger partial charge in [-0.05, 0) is 55.6 Å². The first kappa shape index (κ1) is 20.0. The molecule has 0 saturated carbocycles. The Kier molecular flexibility index (Phi) is 6.71. The Morgan fingerprint density at radius 2 is 1.82 bits per heavy atom. The van der Waals surface area contributed by atoms with E-state index < -0.39 is 0 Å². The second-order valence-electron chi connectivity index (χ2n) is 7.33. The van der Waals surface area contributed by atoms with Crippen LogP contribution in [0.5, 0.6) is 5.75 Å². The molecule has 0 radical (unpaired) electrons. The molecule has 1 aliphatic heterocycles. The largest absolute Gasteiger partial charge is 0.497 e. The standard InChI is InChI=1S/C23H29N3O2/c1-24(2)18-20-7-4-8-21(16-20)25-12-14-26(15-13-25)23(27)11-10-19-6-5-9-22(17-19)28-3/h4-11,16-17H,12-15,18H2,1-3H3/b11-10+. The molecule has 0 N–H and O–H groups in total. The maximum absolute atomic E-state index is 12.5. The van der Waals surface area contributed by atoms with Crippen LogP contribution in [0.4, 0.5) is 5.69 Å². The van der Waals surface area contributed by atoms with E-state index >= 15 is 0 Å². The molecule has 28 heavy (non-hydrogen) atoms. The number of piperazine rings is 1. The molecule has 2 aromatic carbocycles. The highest BCUT2D eigenvalue weighted by Crippen LogP contribution is 2.19. The predicted molar refractivity (Wildman–Crippen MR) is 115 cm³/mol. The van der Waals surface area contributed by atoms with Gasteiger partial charge in [0.05, 0.1) is 7.11 Å². The molecule has 148 valence electrons. The van der Waals surface area contributed by atoms with Gasteiger partial charge in [0, 0.05) is 44.5 Å². The van der Waals surface area contributed by atoms with Crippen molar-refractivity contribution in [3.63, 3.8) is 0 Å². The summed E-state index contributed by atoms with van der Waals surface area (Å²) < 4.78 is 5.22. The van der Waals surface area contributed by atoms with Crippen LogP contribution in [0.1, 0.15) is 11.1 Å². The number of nitrogens with zero attached hydrogens (tertiary/aromatic N) is 3. The van der Waals surface area contributed by atoms with E-state index in [2.05, 4.69) is 48.2 Å². The minimum absolute atomic E-state index is 0.0591. The van der Waals surface area contributed by atoms with Crippen LogP contribution in [0.25, 0.3) is 6.08 Å². The lowest BCUT2D eigenvalue weighted by atomic mass is 10.1. The number of carbonyl (C=O) groups excluding carboxylic acids is 1. The molecule has 5 heteroatoms. The number of carbonyl (C=O) groups is 1. The van der Waals surface area contributed by atoms with Crippen molar-refractivity contribution < 1.29 is 9.53 Å². The average molecular weight is 380 g/mol. The van der Waals surface area contributed by atoms with Crippen LogP contribution in [0, 0.1) is 0 Å². The molecule has 3 rings (SSSR count). The van der Waals surface area contributed by atoms with E-state index in [-0.39, 0.29) is 5.91 Å². The fourth-order valence-electron chi connectivity index (χ4n) is 3.42. The number of ether oxygens (including phenoxy) is 1. The van der Waals surface area contributed by atoms with Gasteiger partial charge >= 0.3 is 0 Å². The third-order valence-corrected chi connectivity index (χ3v) is 4.88. The molecule has 0 bridgehead atoms. The Morgan fingerprint density at radius 3 is 2.54 bits per heavy atom. The third-order valence-electron chi connectivity index (χ3n) is 4.88. The molecule has 1 heterocycles. The molecule has 1 fully saturated rings. The summed E-state index contributed by atoms with van der Waals surface area (Å²) in [4.78, 5) is 19.0. The van der Waals surface area contributed by atoms with Crippen molar-refractivity contribution in [2.45, 2.75) is 6.54 Å². The number of benzene rings is 2. The smallest absolute Gasteiger partial charge is 0.246 e. The lowest BCUT2D eigenvalue weighted by Crippen LogP contribution is -2.48. The lowest BCUT2D eigenvalue weighted by Gasteiger charge is -2.36. The molecule has 1 saturated heterocycles. The van der Waals surface area contributed by atoms with Crippen LogP contribution in [-0.4, -0.2) is 63.1 Å². The quantitative estimate of drug-likeness (QED) is 0.723. The van der Waals surface area contributed by atoms with Gasteiger partial charge in [0.1, 0.15) is 5.75 Å². The summed E-state index contributed by atoms with van der Waals surface area (Å²) in [5.41, 5.74) is 3.50. The molecule has 0 aromatic heterocycles. The van der Waals surface area contributed by atoms with E-state index in [1.54, 1.807) is 13.2 Å². The Hall–Kier alpha value is -2.79. The third kappa shape index (κ3) is 5.36. The van der Waals surface area contributed by atoms with Crippen molar-refractivity contribution in [3.8, 4) is 5.75 Å².